The van der Waals surface area contributed by atoms with E-state index in [-0.39, 0.29) is 23.7 Å². The molecule has 4 unspecified atom stereocenters. The Bertz CT molecular complexity index is 493. The number of hydrogen-bond donors (Lipinski definition) is 0. The zero-order valence-electron chi connectivity index (χ0n) is 10.4. The van der Waals surface area contributed by atoms with Crippen molar-refractivity contribution >= 4 is 16.8 Å². The van der Waals surface area contributed by atoms with E-state index in [0.717, 1.165) is 11.5 Å². The van der Waals surface area contributed by atoms with Crippen molar-refractivity contribution in [2.24, 2.45) is 4.99 Å². The summed E-state index contributed by atoms with van der Waals surface area (Å²) >= 11 is 1.72. The normalized spacial score (nSPS) is 37.4. The number of benzene rings is 1. The van der Waals surface area contributed by atoms with Gasteiger partial charge in [-0.1, -0.05) is 42.1 Å². The van der Waals surface area contributed by atoms with Gasteiger partial charge in [-0.05, 0) is 0 Å². The van der Waals surface area contributed by atoms with Crippen LogP contribution in [0.1, 0.15) is 12.0 Å². The van der Waals surface area contributed by atoms with Crippen LogP contribution in [0.5, 0.6) is 0 Å². The van der Waals surface area contributed by atoms with Crippen LogP contribution in [-0.2, 0) is 14.2 Å². The van der Waals surface area contributed by atoms with E-state index in [0.29, 0.717) is 13.4 Å². The molecule has 0 bridgehead atoms. The number of nitrogens with zero attached hydrogens (tertiary/aromatic N) is 1. The van der Waals surface area contributed by atoms with Crippen molar-refractivity contribution < 1.29 is 14.2 Å². The smallest absolute Gasteiger partial charge is 0.147 e. The molecule has 4 nitrogen and oxygen atoms in total. The Labute approximate surface area is 116 Å². The molecule has 1 aromatic rings. The van der Waals surface area contributed by atoms with Gasteiger partial charge in [0, 0.05) is 12.0 Å². The highest BCUT2D eigenvalue weighted by Crippen LogP contribution is 2.39. The van der Waals surface area contributed by atoms with Crippen LogP contribution in [0.2, 0.25) is 0 Å². The summed E-state index contributed by atoms with van der Waals surface area (Å²) in [5, 5.41) is 1.08. The lowest BCUT2D eigenvalue weighted by Gasteiger charge is -2.39. The first-order chi connectivity index (χ1) is 9.40. The molecule has 3 heterocycles. The predicted molar refractivity (Wildman–Crippen MR) is 73.3 cm³/mol. The molecule has 5 heteroatoms. The second-order valence-corrected chi connectivity index (χ2v) is 6.04. The zero-order valence-corrected chi connectivity index (χ0v) is 11.2. The molecule has 3 aliphatic rings. The largest absolute Gasteiger partial charge is 0.357 e. The number of rotatable bonds is 1. The average Bonchev–Trinajstić information content (AvgIpc) is 2.88. The highest BCUT2D eigenvalue weighted by molar-refractivity contribution is 8.15. The second kappa shape index (κ2) is 4.90. The zero-order chi connectivity index (χ0) is 12.7. The number of thioether (sulfide) groups is 1. The number of hydrogen-bond acceptors (Lipinski definition) is 5. The standard InChI is InChI=1S/C14H15NO3S/c1-2-4-9(5-3-1)13-15-10-6-11-12(7-16-8-17-11)18-14(10)19-13/h1-5,10-12,14H,6-8H2. The van der Waals surface area contributed by atoms with Crippen LogP contribution < -0.4 is 0 Å². The van der Waals surface area contributed by atoms with Gasteiger partial charge in [-0.25, -0.2) is 0 Å². The van der Waals surface area contributed by atoms with Gasteiger partial charge in [0.15, 0.2) is 0 Å². The van der Waals surface area contributed by atoms with Crippen LogP contribution in [0, 0.1) is 0 Å². The van der Waals surface area contributed by atoms with Gasteiger partial charge in [-0.3, -0.25) is 4.99 Å². The van der Waals surface area contributed by atoms with Gasteiger partial charge in [0.05, 0.1) is 18.8 Å². The third-order valence-electron chi connectivity index (χ3n) is 3.69. The molecular formula is C14H15NO3S. The number of ether oxygens (including phenoxy) is 3. The lowest BCUT2D eigenvalue weighted by molar-refractivity contribution is -0.230. The molecule has 4 atom stereocenters. The van der Waals surface area contributed by atoms with E-state index in [1.165, 1.54) is 5.56 Å². The van der Waals surface area contributed by atoms with Crippen molar-refractivity contribution in [1.29, 1.82) is 0 Å². The fraction of sp³-hybridized carbons (Fsp3) is 0.500. The minimum atomic E-state index is 0.0628. The molecule has 2 saturated heterocycles. The topological polar surface area (TPSA) is 40.0 Å². The fourth-order valence-electron chi connectivity index (χ4n) is 2.71. The monoisotopic (exact) mass is 277 g/mol. The van der Waals surface area contributed by atoms with Gasteiger partial charge in [-0.2, -0.15) is 0 Å². The molecular weight excluding hydrogens is 262 g/mol. The van der Waals surface area contributed by atoms with E-state index in [9.17, 15) is 0 Å². The first-order valence-corrected chi connectivity index (χ1v) is 7.43. The Hall–Kier alpha value is -0.880. The molecule has 1 aromatic carbocycles. The van der Waals surface area contributed by atoms with Crippen LogP contribution in [0.3, 0.4) is 0 Å². The van der Waals surface area contributed by atoms with E-state index < -0.39 is 0 Å². The molecule has 0 aliphatic carbocycles. The van der Waals surface area contributed by atoms with Gasteiger partial charge >= 0.3 is 0 Å². The Kier molecular flexibility index (Phi) is 3.07. The maximum absolute atomic E-state index is 6.06. The molecule has 100 valence electrons. The SMILES string of the molecule is c1ccc(C2=NC3CC4OCOCC4OC3S2)cc1. The van der Waals surface area contributed by atoms with E-state index in [1.54, 1.807) is 11.8 Å². The molecule has 0 saturated carbocycles. The van der Waals surface area contributed by atoms with Crippen molar-refractivity contribution in [3.8, 4) is 0 Å². The molecule has 0 amide bonds. The Morgan fingerprint density at radius 3 is 2.95 bits per heavy atom. The third-order valence-corrected chi connectivity index (χ3v) is 4.91. The molecule has 2 fully saturated rings. The van der Waals surface area contributed by atoms with Gasteiger partial charge in [0.2, 0.25) is 0 Å². The van der Waals surface area contributed by atoms with Gasteiger partial charge in [0.25, 0.3) is 0 Å². The Balaban J connectivity index is 1.54. The van der Waals surface area contributed by atoms with Gasteiger partial charge < -0.3 is 14.2 Å². The summed E-state index contributed by atoms with van der Waals surface area (Å²) in [6, 6.07) is 10.5. The highest BCUT2D eigenvalue weighted by atomic mass is 32.2. The maximum Gasteiger partial charge on any atom is 0.147 e. The van der Waals surface area contributed by atoms with E-state index >= 15 is 0 Å². The van der Waals surface area contributed by atoms with Crippen LogP contribution >= 0.6 is 11.8 Å². The summed E-state index contributed by atoms with van der Waals surface area (Å²) < 4.78 is 17.0. The van der Waals surface area contributed by atoms with E-state index in [2.05, 4.69) is 12.1 Å². The summed E-state index contributed by atoms with van der Waals surface area (Å²) in [6.07, 6.45) is 1.13. The summed E-state index contributed by atoms with van der Waals surface area (Å²) in [5.41, 5.74) is 1.28. The molecule has 3 aliphatic heterocycles. The number of aliphatic imine (C=N–C) groups is 1. The van der Waals surface area contributed by atoms with Crippen LogP contribution in [0.25, 0.3) is 0 Å². The van der Waals surface area contributed by atoms with Crippen molar-refractivity contribution in [1.82, 2.24) is 0 Å². The first-order valence-electron chi connectivity index (χ1n) is 6.55. The van der Waals surface area contributed by atoms with E-state index in [1.807, 2.05) is 18.2 Å². The molecule has 4 rings (SSSR count). The first kappa shape index (κ1) is 11.9. The minimum Gasteiger partial charge on any atom is -0.357 e. The molecule has 0 aromatic heterocycles. The third kappa shape index (κ3) is 2.21. The molecule has 0 radical (unpaired) electrons. The number of fused-ring (bicyclic) bond motifs is 2. The average molecular weight is 277 g/mol. The highest BCUT2D eigenvalue weighted by Gasteiger charge is 2.44. The molecule has 0 N–H and O–H groups in total. The van der Waals surface area contributed by atoms with Gasteiger partial charge in [0.1, 0.15) is 23.4 Å². The molecule has 19 heavy (non-hydrogen) atoms. The summed E-state index contributed by atoms with van der Waals surface area (Å²) in [6.45, 7) is 1.01. The maximum atomic E-state index is 6.06. The van der Waals surface area contributed by atoms with Crippen LogP contribution in [0.15, 0.2) is 35.3 Å². The second-order valence-electron chi connectivity index (χ2n) is 4.96. The lowest BCUT2D eigenvalue weighted by Crippen LogP contribution is -2.50. The van der Waals surface area contributed by atoms with E-state index in [4.69, 9.17) is 19.2 Å². The van der Waals surface area contributed by atoms with Crippen molar-refractivity contribution in [3.63, 3.8) is 0 Å². The lowest BCUT2D eigenvalue weighted by atomic mass is 10.0. The Morgan fingerprint density at radius 1 is 1.16 bits per heavy atom. The quantitative estimate of drug-likeness (QED) is 0.787. The summed E-state index contributed by atoms with van der Waals surface area (Å²) in [7, 11) is 0. The molecule has 0 spiro atoms. The van der Waals surface area contributed by atoms with Crippen molar-refractivity contribution in [2.45, 2.75) is 30.1 Å². The Morgan fingerprint density at radius 2 is 2.05 bits per heavy atom. The fourth-order valence-corrected chi connectivity index (χ4v) is 3.92. The predicted octanol–water partition coefficient (Wildman–Crippen LogP) is 2.04. The van der Waals surface area contributed by atoms with Gasteiger partial charge in [-0.15, -0.1) is 0 Å². The van der Waals surface area contributed by atoms with Crippen LogP contribution in [0.4, 0.5) is 0 Å². The van der Waals surface area contributed by atoms with Crippen LogP contribution in [-0.4, -0.2) is 42.1 Å². The summed E-state index contributed by atoms with van der Waals surface area (Å²) in [4.78, 5) is 4.81. The minimum absolute atomic E-state index is 0.0628. The summed E-state index contributed by atoms with van der Waals surface area (Å²) in [5.74, 6) is 0. The van der Waals surface area contributed by atoms with Crippen molar-refractivity contribution in [2.75, 3.05) is 13.4 Å². The van der Waals surface area contributed by atoms with Crippen molar-refractivity contribution in [3.05, 3.63) is 35.9 Å².